The molecular formula is C20H24ClN3O2. The van der Waals surface area contributed by atoms with Gasteiger partial charge in [-0.15, -0.1) is 12.4 Å². The minimum Gasteiger partial charge on any atom is -0.330 e. The molecule has 3 N–H and O–H groups in total. The molecule has 2 amide bonds. The third kappa shape index (κ3) is 4.84. The quantitative estimate of drug-likeness (QED) is 0.846. The molecule has 0 radical (unpaired) electrons. The lowest BCUT2D eigenvalue weighted by molar-refractivity contribution is -0.118. The molecule has 0 unspecified atom stereocenters. The van der Waals surface area contributed by atoms with Crippen LogP contribution < -0.4 is 16.0 Å². The zero-order valence-electron chi connectivity index (χ0n) is 14.6. The van der Waals surface area contributed by atoms with Crippen LogP contribution in [0.1, 0.15) is 24.0 Å². The lowest BCUT2D eigenvalue weighted by Gasteiger charge is -2.29. The molecule has 2 aromatic rings. The van der Waals surface area contributed by atoms with Crippen molar-refractivity contribution < 1.29 is 9.59 Å². The predicted octanol–water partition coefficient (Wildman–Crippen LogP) is 2.92. The number of anilines is 2. The summed E-state index contributed by atoms with van der Waals surface area (Å²) in [4.78, 5) is 26.2. The Kier molecular flexibility index (Phi) is 7.18. The minimum absolute atomic E-state index is 0. The second-order valence-corrected chi connectivity index (χ2v) is 6.24. The van der Waals surface area contributed by atoms with Crippen molar-refractivity contribution in [3.8, 4) is 0 Å². The highest BCUT2D eigenvalue weighted by molar-refractivity contribution is 5.96. The second-order valence-electron chi connectivity index (χ2n) is 6.24. The molecule has 138 valence electrons. The highest BCUT2D eigenvalue weighted by atomic mass is 35.5. The molecule has 5 nitrogen and oxygen atoms in total. The van der Waals surface area contributed by atoms with Gasteiger partial charge in [-0.25, -0.2) is 0 Å². The molecule has 0 atom stereocenters. The van der Waals surface area contributed by atoms with Crippen LogP contribution in [-0.2, 0) is 22.4 Å². The highest BCUT2D eigenvalue weighted by Crippen LogP contribution is 2.27. The summed E-state index contributed by atoms with van der Waals surface area (Å²) in [6, 6.07) is 15.5. The standard InChI is InChI=1S/C20H23N3O2.ClH/c21-12-11-19(24)22-17-9-7-15(8-10-17)14-20(25)23-13-3-5-16-4-1-2-6-18(16)23;/h1-2,4,6-10H,3,5,11-14,21H2,(H,22,24);1H. The number of carbonyl (C=O) groups is 2. The molecule has 1 heterocycles. The maximum absolute atomic E-state index is 12.7. The topological polar surface area (TPSA) is 75.4 Å². The Hall–Kier alpha value is -2.37. The normalized spacial score (nSPS) is 12.7. The molecule has 0 saturated heterocycles. The van der Waals surface area contributed by atoms with Crippen molar-refractivity contribution in [2.75, 3.05) is 23.3 Å². The van der Waals surface area contributed by atoms with Crippen LogP contribution >= 0.6 is 12.4 Å². The summed E-state index contributed by atoms with van der Waals surface area (Å²) in [6.45, 7) is 1.10. The van der Waals surface area contributed by atoms with Gasteiger partial charge in [0.25, 0.3) is 0 Å². The summed E-state index contributed by atoms with van der Waals surface area (Å²) >= 11 is 0. The maximum Gasteiger partial charge on any atom is 0.231 e. The Bertz CT molecular complexity index is 762. The van der Waals surface area contributed by atoms with Crippen LogP contribution in [-0.4, -0.2) is 24.9 Å². The number of aryl methyl sites for hydroxylation is 1. The number of hydrogen-bond acceptors (Lipinski definition) is 3. The van der Waals surface area contributed by atoms with Crippen molar-refractivity contribution in [2.24, 2.45) is 5.73 Å². The van der Waals surface area contributed by atoms with E-state index in [-0.39, 0.29) is 24.2 Å². The fourth-order valence-corrected chi connectivity index (χ4v) is 3.12. The number of para-hydroxylation sites is 1. The predicted molar refractivity (Wildman–Crippen MR) is 107 cm³/mol. The Labute approximate surface area is 160 Å². The first-order valence-corrected chi connectivity index (χ1v) is 8.64. The first-order chi connectivity index (χ1) is 12.2. The van der Waals surface area contributed by atoms with Crippen LogP contribution in [0.25, 0.3) is 0 Å². The lowest BCUT2D eigenvalue weighted by atomic mass is 10.0. The van der Waals surface area contributed by atoms with Crippen LogP contribution in [0.3, 0.4) is 0 Å². The molecule has 2 aromatic carbocycles. The average Bonchev–Trinajstić information content (AvgIpc) is 2.63. The van der Waals surface area contributed by atoms with Gasteiger partial charge in [-0.3, -0.25) is 9.59 Å². The fourth-order valence-electron chi connectivity index (χ4n) is 3.12. The molecule has 0 spiro atoms. The third-order valence-electron chi connectivity index (χ3n) is 4.38. The van der Waals surface area contributed by atoms with E-state index in [0.29, 0.717) is 19.4 Å². The van der Waals surface area contributed by atoms with Crippen molar-refractivity contribution >= 4 is 35.6 Å². The summed E-state index contributed by atoms with van der Waals surface area (Å²) in [5.74, 6) is 0.00307. The number of carbonyl (C=O) groups excluding carboxylic acids is 2. The molecule has 0 fully saturated rings. The second kappa shape index (κ2) is 9.36. The number of amides is 2. The molecule has 0 aromatic heterocycles. The number of halogens is 1. The average molecular weight is 374 g/mol. The van der Waals surface area contributed by atoms with Gasteiger partial charge in [-0.1, -0.05) is 30.3 Å². The van der Waals surface area contributed by atoms with E-state index in [4.69, 9.17) is 5.73 Å². The van der Waals surface area contributed by atoms with E-state index in [1.165, 1.54) is 5.56 Å². The number of nitrogens with two attached hydrogens (primary N) is 1. The Morgan fingerprint density at radius 1 is 1.08 bits per heavy atom. The van der Waals surface area contributed by atoms with Gasteiger partial charge in [0.1, 0.15) is 0 Å². The molecule has 26 heavy (non-hydrogen) atoms. The van der Waals surface area contributed by atoms with E-state index in [9.17, 15) is 9.59 Å². The summed E-state index contributed by atoms with van der Waals surface area (Å²) in [7, 11) is 0. The van der Waals surface area contributed by atoms with Crippen LogP contribution in [0, 0.1) is 0 Å². The summed E-state index contributed by atoms with van der Waals surface area (Å²) in [6.07, 6.45) is 2.67. The van der Waals surface area contributed by atoms with Gasteiger partial charge in [-0.2, -0.15) is 0 Å². The van der Waals surface area contributed by atoms with Crippen molar-refractivity contribution in [3.05, 3.63) is 59.7 Å². The molecule has 1 aliphatic rings. The molecular weight excluding hydrogens is 350 g/mol. The monoisotopic (exact) mass is 373 g/mol. The largest absolute Gasteiger partial charge is 0.330 e. The Morgan fingerprint density at radius 2 is 1.81 bits per heavy atom. The van der Waals surface area contributed by atoms with E-state index < -0.39 is 0 Å². The number of nitrogens with zero attached hydrogens (tertiary/aromatic N) is 1. The molecule has 0 aliphatic carbocycles. The maximum atomic E-state index is 12.7. The number of benzene rings is 2. The third-order valence-corrected chi connectivity index (χ3v) is 4.38. The molecule has 6 heteroatoms. The van der Waals surface area contributed by atoms with E-state index in [1.54, 1.807) is 0 Å². The van der Waals surface area contributed by atoms with E-state index in [2.05, 4.69) is 11.4 Å². The van der Waals surface area contributed by atoms with Crippen LogP contribution in [0.4, 0.5) is 11.4 Å². The van der Waals surface area contributed by atoms with Gasteiger partial charge < -0.3 is 16.0 Å². The highest BCUT2D eigenvalue weighted by Gasteiger charge is 2.22. The summed E-state index contributed by atoms with van der Waals surface area (Å²) in [5.41, 5.74) is 9.29. The molecule has 0 bridgehead atoms. The van der Waals surface area contributed by atoms with E-state index in [1.807, 2.05) is 47.4 Å². The van der Waals surface area contributed by atoms with Crippen molar-refractivity contribution in [3.63, 3.8) is 0 Å². The lowest BCUT2D eigenvalue weighted by Crippen LogP contribution is -2.36. The zero-order chi connectivity index (χ0) is 17.6. The summed E-state index contributed by atoms with van der Waals surface area (Å²) < 4.78 is 0. The van der Waals surface area contributed by atoms with Crippen LogP contribution in [0.15, 0.2) is 48.5 Å². The number of hydrogen-bond donors (Lipinski definition) is 2. The van der Waals surface area contributed by atoms with Gasteiger partial charge in [-0.05, 0) is 42.2 Å². The Morgan fingerprint density at radius 3 is 2.54 bits per heavy atom. The van der Waals surface area contributed by atoms with Crippen molar-refractivity contribution in [2.45, 2.75) is 25.7 Å². The number of nitrogens with one attached hydrogen (secondary N) is 1. The van der Waals surface area contributed by atoms with Gasteiger partial charge in [0.15, 0.2) is 0 Å². The molecule has 0 saturated carbocycles. The number of fused-ring (bicyclic) bond motifs is 1. The van der Waals surface area contributed by atoms with Crippen LogP contribution in [0.2, 0.25) is 0 Å². The van der Waals surface area contributed by atoms with E-state index >= 15 is 0 Å². The SMILES string of the molecule is Cl.NCCC(=O)Nc1ccc(CC(=O)N2CCCc3ccccc32)cc1. The summed E-state index contributed by atoms with van der Waals surface area (Å²) in [5, 5.41) is 2.79. The van der Waals surface area contributed by atoms with Crippen LogP contribution in [0.5, 0.6) is 0 Å². The van der Waals surface area contributed by atoms with E-state index in [0.717, 1.165) is 36.3 Å². The van der Waals surface area contributed by atoms with Gasteiger partial charge in [0.05, 0.1) is 6.42 Å². The Balaban J connectivity index is 0.00000243. The van der Waals surface area contributed by atoms with Crippen molar-refractivity contribution in [1.29, 1.82) is 0 Å². The first kappa shape index (κ1) is 19.9. The van der Waals surface area contributed by atoms with Gasteiger partial charge in [0, 0.05) is 30.9 Å². The molecule has 3 rings (SSSR count). The smallest absolute Gasteiger partial charge is 0.231 e. The molecule has 1 aliphatic heterocycles. The van der Waals surface area contributed by atoms with Gasteiger partial charge >= 0.3 is 0 Å². The first-order valence-electron chi connectivity index (χ1n) is 8.64. The minimum atomic E-state index is -0.101. The zero-order valence-corrected chi connectivity index (χ0v) is 15.4. The van der Waals surface area contributed by atoms with Gasteiger partial charge in [0.2, 0.25) is 11.8 Å². The fraction of sp³-hybridized carbons (Fsp3) is 0.300. The number of rotatable bonds is 5. The van der Waals surface area contributed by atoms with Crippen molar-refractivity contribution in [1.82, 2.24) is 0 Å².